The van der Waals surface area contributed by atoms with Crippen LogP contribution in [-0.2, 0) is 9.53 Å². The molecule has 0 aliphatic carbocycles. The molecule has 1 aliphatic heterocycles. The zero-order valence-corrected chi connectivity index (χ0v) is 17.6. The third-order valence-corrected chi connectivity index (χ3v) is 5.32. The van der Waals surface area contributed by atoms with Crippen LogP contribution in [0.25, 0.3) is 6.08 Å². The van der Waals surface area contributed by atoms with Crippen molar-refractivity contribution in [3.63, 3.8) is 0 Å². The third kappa shape index (κ3) is 4.93. The Morgan fingerprint density at radius 3 is 2.66 bits per heavy atom. The summed E-state index contributed by atoms with van der Waals surface area (Å²) in [6.07, 6.45) is 1.74. The van der Waals surface area contributed by atoms with Gasteiger partial charge in [-0.1, -0.05) is 39.8 Å². The molecular formula is C20H15BrN2O5S. The van der Waals surface area contributed by atoms with Gasteiger partial charge >= 0.3 is 5.97 Å². The van der Waals surface area contributed by atoms with Crippen LogP contribution in [-0.4, -0.2) is 27.6 Å². The van der Waals surface area contributed by atoms with Crippen LogP contribution in [0.15, 0.2) is 74.2 Å². The van der Waals surface area contributed by atoms with Crippen molar-refractivity contribution in [2.24, 2.45) is 4.99 Å². The number of halogens is 1. The van der Waals surface area contributed by atoms with Crippen LogP contribution < -0.4 is 0 Å². The highest BCUT2D eigenvalue weighted by atomic mass is 79.9. The van der Waals surface area contributed by atoms with Crippen molar-refractivity contribution in [1.29, 1.82) is 0 Å². The van der Waals surface area contributed by atoms with E-state index in [1.807, 2.05) is 24.3 Å². The summed E-state index contributed by atoms with van der Waals surface area (Å²) in [4.78, 5) is 27.5. The average Bonchev–Trinajstić information content (AvgIpc) is 2.97. The minimum atomic E-state index is -0.684. The predicted octanol–water partition coefficient (Wildman–Crippen LogP) is 5.55. The van der Waals surface area contributed by atoms with Gasteiger partial charge < -0.3 is 9.84 Å². The maximum Gasteiger partial charge on any atom is 0.344 e. The maximum absolute atomic E-state index is 12.4. The lowest BCUT2D eigenvalue weighted by Gasteiger charge is -2.03. The second-order valence-electron chi connectivity index (χ2n) is 5.80. The Labute approximate surface area is 179 Å². The van der Waals surface area contributed by atoms with Gasteiger partial charge in [-0.05, 0) is 42.8 Å². The van der Waals surface area contributed by atoms with Crippen molar-refractivity contribution in [3.8, 4) is 0 Å². The minimum Gasteiger partial charge on any atom is -0.506 e. The molecule has 9 heteroatoms. The molecule has 0 radical (unpaired) electrons. The smallest absolute Gasteiger partial charge is 0.344 e. The standard InChI is InChI=1S/C20H15BrN2O5S/c1-2-28-20(25)17-18(24)16(11-12-4-3-5-13(21)10-12)29-19(17)22-14-6-8-15(9-7-14)23(26)27/h3-11,24H,2H2,1H3. The molecule has 1 heterocycles. The lowest BCUT2D eigenvalue weighted by molar-refractivity contribution is -0.384. The minimum absolute atomic E-state index is 0.0311. The molecule has 0 spiro atoms. The number of nitrogens with zero attached hydrogens (tertiary/aromatic N) is 2. The summed E-state index contributed by atoms with van der Waals surface area (Å²) in [5, 5.41) is 21.7. The molecule has 0 atom stereocenters. The number of hydrogen-bond acceptors (Lipinski definition) is 7. The van der Waals surface area contributed by atoms with Gasteiger partial charge in [0.05, 0.1) is 22.1 Å². The van der Waals surface area contributed by atoms with Gasteiger partial charge in [0.25, 0.3) is 5.69 Å². The molecule has 0 amide bonds. The summed E-state index contributed by atoms with van der Waals surface area (Å²) in [5.74, 6) is -0.898. The van der Waals surface area contributed by atoms with E-state index < -0.39 is 10.9 Å². The summed E-state index contributed by atoms with van der Waals surface area (Å²) in [5.41, 5.74) is 1.15. The van der Waals surface area contributed by atoms with Crippen LogP contribution in [0.5, 0.6) is 0 Å². The monoisotopic (exact) mass is 474 g/mol. The Bertz CT molecular complexity index is 1060. The second kappa shape index (κ2) is 9.06. The highest BCUT2D eigenvalue weighted by Crippen LogP contribution is 2.40. The fourth-order valence-electron chi connectivity index (χ4n) is 2.51. The lowest BCUT2D eigenvalue weighted by atomic mass is 10.1. The van der Waals surface area contributed by atoms with E-state index in [2.05, 4.69) is 20.9 Å². The maximum atomic E-state index is 12.4. The molecule has 2 aromatic carbocycles. The Hall–Kier alpha value is -2.91. The van der Waals surface area contributed by atoms with Crippen molar-refractivity contribution < 1.29 is 19.6 Å². The first-order valence-electron chi connectivity index (χ1n) is 8.48. The number of rotatable bonds is 5. The molecule has 1 N–H and O–H groups in total. The van der Waals surface area contributed by atoms with E-state index in [1.54, 1.807) is 13.0 Å². The predicted molar refractivity (Wildman–Crippen MR) is 116 cm³/mol. The number of carbonyl (C=O) groups is 1. The molecule has 0 fully saturated rings. The number of ether oxygens (including phenoxy) is 1. The van der Waals surface area contributed by atoms with E-state index in [1.165, 1.54) is 24.3 Å². The normalized spacial score (nSPS) is 16.5. The van der Waals surface area contributed by atoms with Gasteiger partial charge in [-0.3, -0.25) is 10.1 Å². The van der Waals surface area contributed by atoms with E-state index in [-0.39, 0.29) is 28.7 Å². The summed E-state index contributed by atoms with van der Waals surface area (Å²) in [6, 6.07) is 13.1. The van der Waals surface area contributed by atoms with Gasteiger partial charge in [-0.25, -0.2) is 9.79 Å². The molecule has 0 saturated carbocycles. The van der Waals surface area contributed by atoms with Crippen LogP contribution in [0.2, 0.25) is 0 Å². The van der Waals surface area contributed by atoms with Crippen LogP contribution >= 0.6 is 27.7 Å². The summed E-state index contributed by atoms with van der Waals surface area (Å²) < 4.78 is 5.94. The number of thioether (sulfide) groups is 1. The van der Waals surface area contributed by atoms with E-state index in [4.69, 9.17) is 4.74 Å². The number of aliphatic hydroxyl groups is 1. The van der Waals surface area contributed by atoms with Gasteiger partial charge in [0.1, 0.15) is 16.4 Å². The van der Waals surface area contributed by atoms with E-state index in [9.17, 15) is 20.0 Å². The lowest BCUT2D eigenvalue weighted by Crippen LogP contribution is -2.12. The zero-order valence-electron chi connectivity index (χ0n) is 15.2. The second-order valence-corrected chi connectivity index (χ2v) is 7.75. The molecule has 0 aromatic heterocycles. The molecule has 0 unspecified atom stereocenters. The summed E-state index contributed by atoms with van der Waals surface area (Å²) in [6.45, 7) is 1.82. The van der Waals surface area contributed by atoms with Crippen LogP contribution in [0, 0.1) is 10.1 Å². The van der Waals surface area contributed by atoms with Crippen LogP contribution in [0.3, 0.4) is 0 Å². The average molecular weight is 475 g/mol. The Kier molecular flexibility index (Phi) is 6.50. The zero-order chi connectivity index (χ0) is 21.0. The third-order valence-electron chi connectivity index (χ3n) is 3.81. The first-order valence-corrected chi connectivity index (χ1v) is 10.1. The quantitative estimate of drug-likeness (QED) is 0.346. The van der Waals surface area contributed by atoms with Crippen LogP contribution in [0.1, 0.15) is 12.5 Å². The number of aliphatic hydroxyl groups excluding tert-OH is 1. The van der Waals surface area contributed by atoms with Crippen LogP contribution in [0.4, 0.5) is 11.4 Å². The fourth-order valence-corrected chi connectivity index (χ4v) is 3.96. The summed E-state index contributed by atoms with van der Waals surface area (Å²) in [7, 11) is 0. The van der Waals surface area contributed by atoms with Gasteiger partial charge in [0.15, 0.2) is 0 Å². The summed E-state index contributed by atoms with van der Waals surface area (Å²) >= 11 is 4.52. The van der Waals surface area contributed by atoms with E-state index in [0.29, 0.717) is 10.6 Å². The number of carbonyl (C=O) groups excluding carboxylic acids is 1. The number of non-ortho nitro benzene ring substituents is 1. The first-order chi connectivity index (χ1) is 13.9. The molecule has 148 valence electrons. The van der Waals surface area contributed by atoms with Gasteiger partial charge in [-0.15, -0.1) is 0 Å². The number of nitro groups is 1. The largest absolute Gasteiger partial charge is 0.506 e. The SMILES string of the molecule is CCOC(=O)C1=C(O)C(=Cc2cccc(Br)c2)SC1=Nc1ccc([N+](=O)[O-])cc1. The van der Waals surface area contributed by atoms with E-state index >= 15 is 0 Å². The molecule has 1 aliphatic rings. The number of aliphatic imine (C=N–C) groups is 1. The Morgan fingerprint density at radius 1 is 1.31 bits per heavy atom. The molecule has 29 heavy (non-hydrogen) atoms. The van der Waals surface area contributed by atoms with Crippen molar-refractivity contribution >= 4 is 56.2 Å². The number of hydrogen-bond donors (Lipinski definition) is 1. The van der Waals surface area contributed by atoms with Crippen molar-refractivity contribution in [1.82, 2.24) is 0 Å². The van der Waals surface area contributed by atoms with Crippen molar-refractivity contribution in [3.05, 3.63) is 84.9 Å². The number of esters is 1. The molecule has 0 bridgehead atoms. The fraction of sp³-hybridized carbons (Fsp3) is 0.100. The Morgan fingerprint density at radius 2 is 2.03 bits per heavy atom. The molecule has 3 rings (SSSR count). The van der Waals surface area contributed by atoms with Crippen molar-refractivity contribution in [2.45, 2.75) is 6.92 Å². The molecule has 0 saturated heterocycles. The molecule has 2 aromatic rings. The van der Waals surface area contributed by atoms with E-state index in [0.717, 1.165) is 21.8 Å². The topological polar surface area (TPSA) is 102 Å². The number of nitro benzene ring substituents is 1. The first kappa shape index (κ1) is 20.8. The molecular weight excluding hydrogens is 460 g/mol. The Balaban J connectivity index is 2.01. The van der Waals surface area contributed by atoms with Gasteiger partial charge in [0, 0.05) is 16.6 Å². The highest BCUT2D eigenvalue weighted by Gasteiger charge is 2.33. The highest BCUT2D eigenvalue weighted by molar-refractivity contribution is 9.10. The molecule has 7 nitrogen and oxygen atoms in total. The van der Waals surface area contributed by atoms with Gasteiger partial charge in [-0.2, -0.15) is 0 Å². The number of benzene rings is 2. The van der Waals surface area contributed by atoms with Crippen molar-refractivity contribution in [2.75, 3.05) is 6.61 Å². The van der Waals surface area contributed by atoms with Gasteiger partial charge in [0.2, 0.25) is 0 Å².